The van der Waals surface area contributed by atoms with Gasteiger partial charge >= 0.3 is 5.97 Å². The van der Waals surface area contributed by atoms with E-state index in [9.17, 15) is 4.79 Å². The minimum absolute atomic E-state index is 0.212. The third kappa shape index (κ3) is 2.74. The molecule has 0 aliphatic carbocycles. The van der Waals surface area contributed by atoms with Crippen molar-refractivity contribution in [2.45, 2.75) is 38.4 Å². The summed E-state index contributed by atoms with van der Waals surface area (Å²) in [5.41, 5.74) is -0.218. The molecule has 2 heterocycles. The van der Waals surface area contributed by atoms with Crippen molar-refractivity contribution in [3.8, 4) is 0 Å². The zero-order valence-corrected chi connectivity index (χ0v) is 11.7. The summed E-state index contributed by atoms with van der Waals surface area (Å²) in [6.07, 6.45) is 0.212. The fourth-order valence-corrected chi connectivity index (χ4v) is 3.30. The van der Waals surface area contributed by atoms with E-state index in [-0.39, 0.29) is 12.0 Å². The highest BCUT2D eigenvalue weighted by Crippen LogP contribution is 2.29. The highest BCUT2D eigenvalue weighted by Gasteiger charge is 2.45. The van der Waals surface area contributed by atoms with Gasteiger partial charge in [0, 0.05) is 30.6 Å². The number of hydrogen-bond acceptors (Lipinski definition) is 4. The largest absolute Gasteiger partial charge is 0.481 e. The number of hydrogen-bond donors (Lipinski definition) is 2. The normalized spacial score (nSPS) is 18.0. The van der Waals surface area contributed by atoms with Gasteiger partial charge in [-0.25, -0.2) is 0 Å². The molecule has 1 aliphatic heterocycles. The minimum atomic E-state index is -0.715. The van der Waals surface area contributed by atoms with Crippen molar-refractivity contribution in [3.05, 3.63) is 22.4 Å². The molecule has 2 N–H and O–H groups in total. The van der Waals surface area contributed by atoms with E-state index >= 15 is 0 Å². The number of nitrogens with one attached hydrogen (secondary N) is 1. The standard InChI is InChI=1S/C13H20N2O2S/c1-10(2)15(7-11-4-3-5-18-11)13(6-12(16)17)8-14-9-13/h3-5,10,14H,6-9H2,1-2H3,(H,16,17). The maximum absolute atomic E-state index is 11.1. The number of thiophene rings is 1. The Labute approximate surface area is 112 Å². The Kier molecular flexibility index (Phi) is 4.04. The smallest absolute Gasteiger partial charge is 0.305 e. The highest BCUT2D eigenvalue weighted by atomic mass is 32.1. The van der Waals surface area contributed by atoms with Crippen LogP contribution in [0.15, 0.2) is 17.5 Å². The molecule has 0 aromatic carbocycles. The maximum Gasteiger partial charge on any atom is 0.305 e. The summed E-state index contributed by atoms with van der Waals surface area (Å²) in [6.45, 7) is 6.64. The molecule has 0 atom stereocenters. The first-order valence-electron chi connectivity index (χ1n) is 6.25. The van der Waals surface area contributed by atoms with Crippen LogP contribution in [0.5, 0.6) is 0 Å². The summed E-state index contributed by atoms with van der Waals surface area (Å²) in [7, 11) is 0. The molecular weight excluding hydrogens is 248 g/mol. The Morgan fingerprint density at radius 2 is 2.33 bits per heavy atom. The zero-order chi connectivity index (χ0) is 13.2. The molecule has 18 heavy (non-hydrogen) atoms. The summed E-state index contributed by atoms with van der Waals surface area (Å²) in [4.78, 5) is 14.7. The number of carboxylic acids is 1. The van der Waals surface area contributed by atoms with Crippen molar-refractivity contribution in [2.24, 2.45) is 0 Å². The van der Waals surface area contributed by atoms with Gasteiger partial charge in [0.25, 0.3) is 0 Å². The molecule has 1 aromatic rings. The van der Waals surface area contributed by atoms with Crippen molar-refractivity contribution < 1.29 is 9.90 Å². The second kappa shape index (κ2) is 5.38. The number of carbonyl (C=O) groups is 1. The van der Waals surface area contributed by atoms with Gasteiger partial charge in [0.2, 0.25) is 0 Å². The number of rotatable bonds is 6. The molecule has 1 saturated heterocycles. The molecule has 2 rings (SSSR count). The second-order valence-electron chi connectivity index (χ2n) is 5.20. The van der Waals surface area contributed by atoms with E-state index in [4.69, 9.17) is 5.11 Å². The van der Waals surface area contributed by atoms with E-state index < -0.39 is 5.97 Å². The molecule has 1 fully saturated rings. The van der Waals surface area contributed by atoms with Crippen LogP contribution in [0.1, 0.15) is 25.1 Å². The summed E-state index contributed by atoms with van der Waals surface area (Å²) in [5.74, 6) is -0.715. The van der Waals surface area contributed by atoms with Crippen molar-refractivity contribution in [3.63, 3.8) is 0 Å². The summed E-state index contributed by atoms with van der Waals surface area (Å²) in [6, 6.07) is 4.50. The average Bonchev–Trinajstić information content (AvgIpc) is 2.72. The summed E-state index contributed by atoms with van der Waals surface area (Å²) >= 11 is 1.73. The van der Waals surface area contributed by atoms with Crippen LogP contribution in [-0.4, -0.2) is 40.6 Å². The number of carboxylic acid groups (broad SMARTS) is 1. The quantitative estimate of drug-likeness (QED) is 0.825. The molecule has 0 saturated carbocycles. The van der Waals surface area contributed by atoms with Gasteiger partial charge in [-0.05, 0) is 25.3 Å². The van der Waals surface area contributed by atoms with Crippen molar-refractivity contribution in [2.75, 3.05) is 13.1 Å². The van der Waals surface area contributed by atoms with Gasteiger partial charge in [-0.1, -0.05) is 6.07 Å². The zero-order valence-electron chi connectivity index (χ0n) is 10.8. The van der Waals surface area contributed by atoms with Crippen LogP contribution >= 0.6 is 11.3 Å². The van der Waals surface area contributed by atoms with E-state index in [2.05, 4.69) is 35.5 Å². The molecule has 0 amide bonds. The van der Waals surface area contributed by atoms with Crippen LogP contribution in [-0.2, 0) is 11.3 Å². The van der Waals surface area contributed by atoms with E-state index in [1.165, 1.54) is 4.88 Å². The molecular formula is C13H20N2O2S. The third-order valence-electron chi connectivity index (χ3n) is 3.53. The first-order chi connectivity index (χ1) is 8.53. The fourth-order valence-electron chi connectivity index (χ4n) is 2.59. The molecule has 0 spiro atoms. The molecule has 100 valence electrons. The van der Waals surface area contributed by atoms with Gasteiger partial charge in [0.05, 0.1) is 12.0 Å². The minimum Gasteiger partial charge on any atom is -0.481 e. The Morgan fingerprint density at radius 1 is 1.61 bits per heavy atom. The highest BCUT2D eigenvalue weighted by molar-refractivity contribution is 7.09. The van der Waals surface area contributed by atoms with E-state index in [1.54, 1.807) is 11.3 Å². The fraction of sp³-hybridized carbons (Fsp3) is 0.615. The average molecular weight is 268 g/mol. The van der Waals surface area contributed by atoms with Crippen molar-refractivity contribution >= 4 is 17.3 Å². The maximum atomic E-state index is 11.1. The summed E-state index contributed by atoms with van der Waals surface area (Å²) in [5, 5.41) is 14.4. The lowest BCUT2D eigenvalue weighted by molar-refractivity contribution is -0.142. The lowest BCUT2D eigenvalue weighted by atomic mass is 9.85. The molecule has 0 bridgehead atoms. The lowest BCUT2D eigenvalue weighted by Crippen LogP contribution is -2.70. The molecule has 1 aromatic heterocycles. The van der Waals surface area contributed by atoms with Crippen LogP contribution in [0.25, 0.3) is 0 Å². The van der Waals surface area contributed by atoms with Crippen LogP contribution in [0.4, 0.5) is 0 Å². The van der Waals surface area contributed by atoms with Gasteiger partial charge in [0.15, 0.2) is 0 Å². The summed E-state index contributed by atoms with van der Waals surface area (Å²) < 4.78 is 0. The first kappa shape index (κ1) is 13.5. The SMILES string of the molecule is CC(C)N(Cc1cccs1)C1(CC(=O)O)CNC1. The molecule has 1 aliphatic rings. The Hall–Kier alpha value is -0.910. The van der Waals surface area contributed by atoms with Crippen molar-refractivity contribution in [1.29, 1.82) is 0 Å². The van der Waals surface area contributed by atoms with E-state index in [0.29, 0.717) is 6.04 Å². The van der Waals surface area contributed by atoms with Crippen LogP contribution < -0.4 is 5.32 Å². The van der Waals surface area contributed by atoms with Gasteiger partial charge in [-0.2, -0.15) is 0 Å². The van der Waals surface area contributed by atoms with Crippen LogP contribution in [0.2, 0.25) is 0 Å². The third-order valence-corrected chi connectivity index (χ3v) is 4.39. The van der Waals surface area contributed by atoms with E-state index in [1.807, 2.05) is 6.07 Å². The topological polar surface area (TPSA) is 52.6 Å². The van der Waals surface area contributed by atoms with Crippen molar-refractivity contribution in [1.82, 2.24) is 10.2 Å². The Balaban J connectivity index is 2.15. The Morgan fingerprint density at radius 3 is 2.72 bits per heavy atom. The van der Waals surface area contributed by atoms with Gasteiger partial charge in [0.1, 0.15) is 0 Å². The molecule has 5 heteroatoms. The Bertz CT molecular complexity index is 399. The molecule has 0 unspecified atom stereocenters. The van der Waals surface area contributed by atoms with Gasteiger partial charge in [-0.3, -0.25) is 9.69 Å². The van der Waals surface area contributed by atoms with Gasteiger partial charge in [-0.15, -0.1) is 11.3 Å². The second-order valence-corrected chi connectivity index (χ2v) is 6.23. The first-order valence-corrected chi connectivity index (χ1v) is 7.13. The predicted octanol–water partition coefficient (Wildman–Crippen LogP) is 1.78. The van der Waals surface area contributed by atoms with E-state index in [0.717, 1.165) is 19.6 Å². The van der Waals surface area contributed by atoms with Gasteiger partial charge < -0.3 is 10.4 Å². The predicted molar refractivity (Wildman–Crippen MR) is 72.9 cm³/mol. The monoisotopic (exact) mass is 268 g/mol. The lowest BCUT2D eigenvalue weighted by Gasteiger charge is -2.51. The number of aliphatic carboxylic acids is 1. The molecule has 0 radical (unpaired) electrons. The number of nitrogens with zero attached hydrogens (tertiary/aromatic N) is 1. The molecule has 4 nitrogen and oxygen atoms in total. The van der Waals surface area contributed by atoms with Crippen LogP contribution in [0.3, 0.4) is 0 Å². The van der Waals surface area contributed by atoms with Crippen LogP contribution in [0, 0.1) is 0 Å².